The number of amides is 2. The predicted molar refractivity (Wildman–Crippen MR) is 95.0 cm³/mol. The van der Waals surface area contributed by atoms with E-state index in [0.29, 0.717) is 27.0 Å². The Hall–Kier alpha value is -2.24. The van der Waals surface area contributed by atoms with E-state index in [1.54, 1.807) is 42.5 Å². The molecule has 2 rings (SSSR count). The van der Waals surface area contributed by atoms with E-state index in [1.807, 2.05) is 0 Å². The minimum Gasteiger partial charge on any atom is -0.497 e. The lowest BCUT2D eigenvalue weighted by molar-refractivity contribution is -0.116. The molecule has 5 nitrogen and oxygen atoms in total. The van der Waals surface area contributed by atoms with E-state index in [-0.39, 0.29) is 24.8 Å². The summed E-state index contributed by atoms with van der Waals surface area (Å²) >= 11 is 11.8. The van der Waals surface area contributed by atoms with Gasteiger partial charge in [-0.15, -0.1) is 0 Å². The fourth-order valence-corrected chi connectivity index (χ4v) is 2.42. The second kappa shape index (κ2) is 8.57. The smallest absolute Gasteiger partial charge is 0.251 e. The van der Waals surface area contributed by atoms with E-state index in [0.717, 1.165) is 0 Å². The molecule has 0 saturated carbocycles. The summed E-state index contributed by atoms with van der Waals surface area (Å²) in [5.74, 6) is 0.0640. The van der Waals surface area contributed by atoms with Gasteiger partial charge in [-0.1, -0.05) is 29.3 Å². The molecule has 0 fully saturated rings. The number of hydrogen-bond donors (Lipinski definition) is 2. The van der Waals surface area contributed by atoms with Crippen molar-refractivity contribution < 1.29 is 14.3 Å². The molecule has 0 atom stereocenters. The zero-order valence-electron chi connectivity index (χ0n) is 12.9. The van der Waals surface area contributed by atoms with Gasteiger partial charge >= 0.3 is 0 Å². The Morgan fingerprint density at radius 2 is 1.92 bits per heavy atom. The molecule has 0 spiro atoms. The van der Waals surface area contributed by atoms with Crippen molar-refractivity contribution in [1.82, 2.24) is 5.32 Å². The predicted octanol–water partition coefficient (Wildman–Crippen LogP) is 3.76. The Balaban J connectivity index is 1.82. The first-order valence-corrected chi connectivity index (χ1v) is 7.92. The highest BCUT2D eigenvalue weighted by molar-refractivity contribution is 6.36. The van der Waals surface area contributed by atoms with Gasteiger partial charge in [0, 0.05) is 23.6 Å². The quantitative estimate of drug-likeness (QED) is 0.817. The summed E-state index contributed by atoms with van der Waals surface area (Å²) in [6, 6.07) is 11.6. The van der Waals surface area contributed by atoms with E-state index in [2.05, 4.69) is 10.6 Å². The van der Waals surface area contributed by atoms with Crippen molar-refractivity contribution in [3.05, 3.63) is 58.1 Å². The topological polar surface area (TPSA) is 67.4 Å². The fourth-order valence-electron chi connectivity index (χ4n) is 1.96. The van der Waals surface area contributed by atoms with Crippen molar-refractivity contribution >= 4 is 40.7 Å². The summed E-state index contributed by atoms with van der Waals surface area (Å²) in [6.07, 6.45) is 0.120. The molecule has 0 aliphatic heterocycles. The average Bonchev–Trinajstić information content (AvgIpc) is 2.57. The van der Waals surface area contributed by atoms with Crippen LogP contribution in [0, 0.1) is 0 Å². The molecular weight excluding hydrogens is 351 g/mol. The van der Waals surface area contributed by atoms with Crippen LogP contribution in [0.15, 0.2) is 42.5 Å². The van der Waals surface area contributed by atoms with Gasteiger partial charge < -0.3 is 15.4 Å². The minimum absolute atomic E-state index is 0.120. The highest BCUT2D eigenvalue weighted by atomic mass is 35.5. The Bertz CT molecular complexity index is 750. The Kier molecular flexibility index (Phi) is 6.46. The van der Waals surface area contributed by atoms with Gasteiger partial charge in [-0.3, -0.25) is 9.59 Å². The van der Waals surface area contributed by atoms with Crippen LogP contribution in [0.3, 0.4) is 0 Å². The molecule has 126 valence electrons. The Morgan fingerprint density at radius 3 is 2.62 bits per heavy atom. The molecule has 0 aliphatic rings. The van der Waals surface area contributed by atoms with Crippen molar-refractivity contribution in [1.29, 1.82) is 0 Å². The number of anilines is 1. The molecule has 7 heteroatoms. The lowest BCUT2D eigenvalue weighted by Crippen LogP contribution is -2.27. The fraction of sp³-hybridized carbons (Fsp3) is 0.176. The van der Waals surface area contributed by atoms with Crippen LogP contribution in [0.2, 0.25) is 10.0 Å². The molecule has 2 aromatic rings. The number of ether oxygens (including phenoxy) is 1. The SMILES string of the molecule is COc1cccc(C(=O)NCCC(=O)Nc2ccc(Cl)cc2Cl)c1. The molecule has 0 radical (unpaired) electrons. The first-order valence-electron chi connectivity index (χ1n) is 7.17. The standard InChI is InChI=1S/C17H16Cl2N2O3/c1-24-13-4-2-3-11(9-13)17(23)20-8-7-16(22)21-15-6-5-12(18)10-14(15)19/h2-6,9-10H,7-8H2,1H3,(H,20,23)(H,21,22). The molecular formula is C17H16Cl2N2O3. The molecule has 0 aliphatic carbocycles. The molecule has 0 saturated heterocycles. The summed E-state index contributed by atoms with van der Waals surface area (Å²) in [4.78, 5) is 23.9. The van der Waals surface area contributed by atoms with E-state index in [9.17, 15) is 9.59 Å². The lowest BCUT2D eigenvalue weighted by Gasteiger charge is -2.09. The lowest BCUT2D eigenvalue weighted by atomic mass is 10.2. The largest absolute Gasteiger partial charge is 0.497 e. The summed E-state index contributed by atoms with van der Waals surface area (Å²) < 4.78 is 5.07. The number of nitrogens with one attached hydrogen (secondary N) is 2. The first kappa shape index (κ1) is 18.1. The third kappa shape index (κ3) is 5.15. The van der Waals surface area contributed by atoms with Gasteiger partial charge in [0.05, 0.1) is 17.8 Å². The molecule has 2 N–H and O–H groups in total. The van der Waals surface area contributed by atoms with Gasteiger partial charge in [-0.25, -0.2) is 0 Å². The number of carbonyl (C=O) groups is 2. The van der Waals surface area contributed by atoms with Crippen molar-refractivity contribution in [3.8, 4) is 5.75 Å². The highest BCUT2D eigenvalue weighted by Gasteiger charge is 2.09. The molecule has 0 aromatic heterocycles. The third-order valence-corrected chi connectivity index (χ3v) is 3.72. The molecule has 24 heavy (non-hydrogen) atoms. The van der Waals surface area contributed by atoms with E-state index < -0.39 is 0 Å². The number of benzene rings is 2. The Morgan fingerprint density at radius 1 is 1.12 bits per heavy atom. The van der Waals surface area contributed by atoms with Crippen LogP contribution in [0.25, 0.3) is 0 Å². The zero-order valence-corrected chi connectivity index (χ0v) is 14.4. The number of halogens is 2. The normalized spacial score (nSPS) is 10.1. The minimum atomic E-state index is -0.272. The van der Waals surface area contributed by atoms with Gasteiger partial charge in [-0.2, -0.15) is 0 Å². The van der Waals surface area contributed by atoms with Gasteiger partial charge in [-0.05, 0) is 36.4 Å². The van der Waals surface area contributed by atoms with Crippen LogP contribution in [0.4, 0.5) is 5.69 Å². The van der Waals surface area contributed by atoms with Crippen molar-refractivity contribution in [3.63, 3.8) is 0 Å². The van der Waals surface area contributed by atoms with Crippen LogP contribution in [-0.4, -0.2) is 25.5 Å². The van der Waals surface area contributed by atoms with E-state index >= 15 is 0 Å². The molecule has 2 amide bonds. The van der Waals surface area contributed by atoms with Gasteiger partial charge in [0.25, 0.3) is 5.91 Å². The second-order valence-corrected chi connectivity index (χ2v) is 5.75. The van der Waals surface area contributed by atoms with Crippen LogP contribution >= 0.6 is 23.2 Å². The summed E-state index contributed by atoms with van der Waals surface area (Å²) in [7, 11) is 1.53. The summed E-state index contributed by atoms with van der Waals surface area (Å²) in [5, 5.41) is 6.20. The maximum absolute atomic E-state index is 12.0. The second-order valence-electron chi connectivity index (χ2n) is 4.91. The first-order chi connectivity index (χ1) is 11.5. The van der Waals surface area contributed by atoms with Gasteiger partial charge in [0.15, 0.2) is 0 Å². The van der Waals surface area contributed by atoms with E-state index in [4.69, 9.17) is 27.9 Å². The van der Waals surface area contributed by atoms with Crippen LogP contribution in [-0.2, 0) is 4.79 Å². The van der Waals surface area contributed by atoms with Crippen LogP contribution < -0.4 is 15.4 Å². The Labute approximate surface area is 149 Å². The van der Waals surface area contributed by atoms with E-state index in [1.165, 1.54) is 7.11 Å². The van der Waals surface area contributed by atoms with Crippen molar-refractivity contribution in [2.24, 2.45) is 0 Å². The maximum atomic E-state index is 12.0. The number of carbonyl (C=O) groups excluding carboxylic acids is 2. The van der Waals surface area contributed by atoms with Crippen molar-refractivity contribution in [2.75, 3.05) is 19.0 Å². The van der Waals surface area contributed by atoms with Crippen LogP contribution in [0.1, 0.15) is 16.8 Å². The zero-order chi connectivity index (χ0) is 17.5. The third-order valence-electron chi connectivity index (χ3n) is 3.17. The van der Waals surface area contributed by atoms with Crippen LogP contribution in [0.5, 0.6) is 5.75 Å². The van der Waals surface area contributed by atoms with Gasteiger partial charge in [0.1, 0.15) is 5.75 Å². The number of methoxy groups -OCH3 is 1. The van der Waals surface area contributed by atoms with Gasteiger partial charge in [0.2, 0.25) is 5.91 Å². The molecule has 0 unspecified atom stereocenters. The number of hydrogen-bond acceptors (Lipinski definition) is 3. The average molecular weight is 367 g/mol. The highest BCUT2D eigenvalue weighted by Crippen LogP contribution is 2.25. The maximum Gasteiger partial charge on any atom is 0.251 e. The molecule has 0 heterocycles. The molecule has 0 bridgehead atoms. The summed E-state index contributed by atoms with van der Waals surface area (Å²) in [6.45, 7) is 0.201. The summed E-state index contributed by atoms with van der Waals surface area (Å²) in [5.41, 5.74) is 0.945. The molecule has 2 aromatic carbocycles. The monoisotopic (exact) mass is 366 g/mol. The number of rotatable bonds is 6. The van der Waals surface area contributed by atoms with Crippen molar-refractivity contribution in [2.45, 2.75) is 6.42 Å².